The molecule has 5 nitrogen and oxygen atoms in total. The first-order chi connectivity index (χ1) is 12.1. The average molecular weight is 354 g/mol. The van der Waals surface area contributed by atoms with Gasteiger partial charge in [-0.1, -0.05) is 41.9 Å². The molecule has 0 spiro atoms. The number of halogens is 1. The maximum atomic E-state index is 12.2. The van der Waals surface area contributed by atoms with E-state index in [0.29, 0.717) is 17.1 Å². The van der Waals surface area contributed by atoms with Crippen molar-refractivity contribution in [2.75, 3.05) is 0 Å². The van der Waals surface area contributed by atoms with Crippen molar-refractivity contribution in [3.63, 3.8) is 0 Å². The summed E-state index contributed by atoms with van der Waals surface area (Å²) < 4.78 is 1.33. The number of aromatic nitrogens is 3. The van der Waals surface area contributed by atoms with E-state index in [9.17, 15) is 9.90 Å². The molecule has 0 aliphatic carbocycles. The van der Waals surface area contributed by atoms with E-state index in [1.807, 2.05) is 42.6 Å². The maximum absolute atomic E-state index is 12.2. The van der Waals surface area contributed by atoms with Crippen LogP contribution in [0.2, 0.25) is 5.02 Å². The SMILES string of the molecule is O=c1[nH]c(Cc2c[nH]c3ccccc23)c(O)n1Cc1ccc(Cl)cc1. The van der Waals surface area contributed by atoms with Crippen LogP contribution in [0.15, 0.2) is 59.5 Å². The number of H-pyrrole nitrogens is 2. The number of aromatic amines is 2. The minimum Gasteiger partial charge on any atom is -0.493 e. The predicted octanol–water partition coefficient (Wildman–Crippen LogP) is 3.66. The van der Waals surface area contributed by atoms with E-state index in [1.165, 1.54) is 4.57 Å². The molecule has 0 atom stereocenters. The lowest BCUT2D eigenvalue weighted by Gasteiger charge is -2.04. The van der Waals surface area contributed by atoms with Crippen LogP contribution in [0.1, 0.15) is 16.8 Å². The van der Waals surface area contributed by atoms with Gasteiger partial charge >= 0.3 is 5.69 Å². The number of hydrogen-bond acceptors (Lipinski definition) is 2. The molecule has 2 heterocycles. The lowest BCUT2D eigenvalue weighted by Crippen LogP contribution is -2.17. The third-order valence-corrected chi connectivity index (χ3v) is 4.58. The van der Waals surface area contributed by atoms with Gasteiger partial charge in [0.25, 0.3) is 0 Å². The molecule has 0 bridgehead atoms. The van der Waals surface area contributed by atoms with Gasteiger partial charge in [0.1, 0.15) is 0 Å². The highest BCUT2D eigenvalue weighted by Gasteiger charge is 2.15. The molecule has 0 saturated carbocycles. The second-order valence-corrected chi connectivity index (χ2v) is 6.42. The zero-order chi connectivity index (χ0) is 17.4. The molecule has 3 N–H and O–H groups in total. The van der Waals surface area contributed by atoms with Crippen LogP contribution in [-0.4, -0.2) is 19.6 Å². The molecule has 0 unspecified atom stereocenters. The Morgan fingerprint density at radius 2 is 1.84 bits per heavy atom. The number of nitrogens with one attached hydrogen (secondary N) is 2. The number of para-hydroxylation sites is 1. The first-order valence-electron chi connectivity index (χ1n) is 7.92. The lowest BCUT2D eigenvalue weighted by molar-refractivity contribution is 0.417. The van der Waals surface area contributed by atoms with Crippen molar-refractivity contribution in [3.05, 3.63) is 87.1 Å². The third-order valence-electron chi connectivity index (χ3n) is 4.32. The Hall–Kier alpha value is -2.92. The fourth-order valence-corrected chi connectivity index (χ4v) is 3.15. The monoisotopic (exact) mass is 353 g/mol. The van der Waals surface area contributed by atoms with Crippen molar-refractivity contribution in [1.82, 2.24) is 14.5 Å². The van der Waals surface area contributed by atoms with Crippen molar-refractivity contribution in [3.8, 4) is 5.88 Å². The first-order valence-corrected chi connectivity index (χ1v) is 8.29. The molecule has 4 aromatic rings. The topological polar surface area (TPSA) is 73.8 Å². The summed E-state index contributed by atoms with van der Waals surface area (Å²) in [5.74, 6) is -0.0368. The van der Waals surface area contributed by atoms with Crippen LogP contribution in [0, 0.1) is 0 Å². The summed E-state index contributed by atoms with van der Waals surface area (Å²) in [6.45, 7) is 0.284. The molecule has 0 aliphatic heterocycles. The number of rotatable bonds is 4. The molecule has 0 radical (unpaired) electrons. The van der Waals surface area contributed by atoms with Gasteiger partial charge in [0, 0.05) is 28.5 Å². The van der Waals surface area contributed by atoms with Gasteiger partial charge in [-0.2, -0.15) is 0 Å². The molecule has 0 saturated heterocycles. The van der Waals surface area contributed by atoms with E-state index in [4.69, 9.17) is 11.6 Å². The molecule has 0 fully saturated rings. The fourth-order valence-electron chi connectivity index (χ4n) is 3.02. The number of hydrogen-bond donors (Lipinski definition) is 3. The van der Waals surface area contributed by atoms with Crippen molar-refractivity contribution in [1.29, 1.82) is 0 Å². The number of fused-ring (bicyclic) bond motifs is 1. The second kappa shape index (κ2) is 6.18. The summed E-state index contributed by atoms with van der Waals surface area (Å²) in [5.41, 5.74) is 3.11. The number of aromatic hydroxyl groups is 1. The van der Waals surface area contributed by atoms with Gasteiger partial charge in [0.2, 0.25) is 5.88 Å². The van der Waals surface area contributed by atoms with Crippen LogP contribution >= 0.6 is 11.6 Å². The van der Waals surface area contributed by atoms with E-state index in [2.05, 4.69) is 9.97 Å². The normalized spacial score (nSPS) is 11.2. The smallest absolute Gasteiger partial charge is 0.328 e. The third kappa shape index (κ3) is 2.94. The van der Waals surface area contributed by atoms with Crippen LogP contribution in [0.3, 0.4) is 0 Å². The summed E-state index contributed by atoms with van der Waals surface area (Å²) in [6.07, 6.45) is 2.34. The van der Waals surface area contributed by atoms with Crippen LogP contribution in [0.5, 0.6) is 5.88 Å². The maximum Gasteiger partial charge on any atom is 0.328 e. The minimum atomic E-state index is -0.331. The van der Waals surface area contributed by atoms with E-state index in [1.54, 1.807) is 12.1 Å². The van der Waals surface area contributed by atoms with Crippen molar-refractivity contribution in [2.24, 2.45) is 0 Å². The molecule has 2 aromatic heterocycles. The highest BCUT2D eigenvalue weighted by Crippen LogP contribution is 2.24. The van der Waals surface area contributed by atoms with Gasteiger partial charge in [-0.05, 0) is 29.3 Å². The number of imidazole rings is 1. The summed E-state index contributed by atoms with van der Waals surface area (Å²) in [6, 6.07) is 15.1. The summed E-state index contributed by atoms with van der Waals surface area (Å²) >= 11 is 5.88. The number of nitrogens with zero attached hydrogens (tertiary/aromatic N) is 1. The van der Waals surface area contributed by atoms with E-state index >= 15 is 0 Å². The Bertz CT molecular complexity index is 1090. The van der Waals surface area contributed by atoms with Crippen molar-refractivity contribution < 1.29 is 5.11 Å². The Morgan fingerprint density at radius 3 is 2.64 bits per heavy atom. The van der Waals surface area contributed by atoms with Crippen LogP contribution in [0.25, 0.3) is 10.9 Å². The molecule has 2 aromatic carbocycles. The Kier molecular flexibility index (Phi) is 3.86. The molecule has 6 heteroatoms. The van der Waals surface area contributed by atoms with Gasteiger partial charge < -0.3 is 15.1 Å². The van der Waals surface area contributed by atoms with Gasteiger partial charge in [0.05, 0.1) is 12.2 Å². The van der Waals surface area contributed by atoms with E-state index in [-0.39, 0.29) is 18.1 Å². The minimum absolute atomic E-state index is 0.0368. The van der Waals surface area contributed by atoms with Crippen molar-refractivity contribution >= 4 is 22.5 Å². The van der Waals surface area contributed by atoms with Crippen LogP contribution in [-0.2, 0) is 13.0 Å². The molecular formula is C19H16ClN3O2. The quantitative estimate of drug-likeness (QED) is 0.524. The standard InChI is InChI=1S/C19H16ClN3O2/c20-14-7-5-12(6-8-14)11-23-18(24)17(22-19(23)25)9-13-10-21-16-4-2-1-3-15(13)16/h1-8,10,21,24H,9,11H2,(H,22,25). The van der Waals surface area contributed by atoms with Crippen molar-refractivity contribution in [2.45, 2.75) is 13.0 Å². The van der Waals surface area contributed by atoms with Gasteiger partial charge in [0.15, 0.2) is 0 Å². The summed E-state index contributed by atoms with van der Waals surface area (Å²) in [4.78, 5) is 18.2. The Balaban J connectivity index is 1.65. The van der Waals surface area contributed by atoms with Crippen LogP contribution < -0.4 is 5.69 Å². The van der Waals surface area contributed by atoms with Gasteiger partial charge in [-0.15, -0.1) is 0 Å². The summed E-state index contributed by atoms with van der Waals surface area (Å²) in [5, 5.41) is 12.2. The number of benzene rings is 2. The molecule has 0 aliphatic rings. The molecule has 4 rings (SSSR count). The highest BCUT2D eigenvalue weighted by atomic mass is 35.5. The summed E-state index contributed by atoms with van der Waals surface area (Å²) in [7, 11) is 0. The van der Waals surface area contributed by atoms with Crippen LogP contribution in [0.4, 0.5) is 0 Å². The van der Waals surface area contributed by atoms with E-state index in [0.717, 1.165) is 22.0 Å². The average Bonchev–Trinajstić information content (AvgIpc) is 3.14. The Morgan fingerprint density at radius 1 is 1.08 bits per heavy atom. The molecule has 25 heavy (non-hydrogen) atoms. The zero-order valence-electron chi connectivity index (χ0n) is 13.3. The van der Waals surface area contributed by atoms with Gasteiger partial charge in [-0.25, -0.2) is 4.79 Å². The fraction of sp³-hybridized carbons (Fsp3) is 0.105. The lowest BCUT2D eigenvalue weighted by atomic mass is 10.1. The molecule has 0 amide bonds. The largest absolute Gasteiger partial charge is 0.493 e. The Labute approximate surface area is 148 Å². The predicted molar refractivity (Wildman–Crippen MR) is 98.4 cm³/mol. The zero-order valence-corrected chi connectivity index (χ0v) is 14.0. The first kappa shape index (κ1) is 15.6. The molecule has 126 valence electrons. The molecular weight excluding hydrogens is 338 g/mol. The highest BCUT2D eigenvalue weighted by molar-refractivity contribution is 6.30. The second-order valence-electron chi connectivity index (χ2n) is 5.98. The van der Waals surface area contributed by atoms with Gasteiger partial charge in [-0.3, -0.25) is 4.57 Å². The van der Waals surface area contributed by atoms with E-state index < -0.39 is 0 Å².